The summed E-state index contributed by atoms with van der Waals surface area (Å²) in [5.74, 6) is 2.54. The molecule has 0 aromatic carbocycles. The molecule has 0 unspecified atom stereocenters. The van der Waals surface area contributed by atoms with Crippen molar-refractivity contribution in [1.29, 1.82) is 0 Å². The molecule has 118 valence electrons. The second-order valence-electron chi connectivity index (χ2n) is 5.26. The van der Waals surface area contributed by atoms with E-state index in [4.69, 9.17) is 11.6 Å². The number of aromatic nitrogens is 3. The van der Waals surface area contributed by atoms with Crippen LogP contribution in [0.1, 0.15) is 38.5 Å². The Kier molecular flexibility index (Phi) is 7.36. The summed E-state index contributed by atoms with van der Waals surface area (Å²) < 4.78 is 0. The van der Waals surface area contributed by atoms with Gasteiger partial charge in [0, 0.05) is 19.6 Å². The maximum absolute atomic E-state index is 6.02. The number of hydrogen-bond acceptors (Lipinski definition) is 6. The average molecular weight is 330 g/mol. The summed E-state index contributed by atoms with van der Waals surface area (Å²) in [5, 5.41) is 3.54. The predicted molar refractivity (Wildman–Crippen MR) is 91.6 cm³/mol. The highest BCUT2D eigenvalue weighted by molar-refractivity contribution is 7.98. The number of hydrogen-bond donors (Lipinski definition) is 1. The molecule has 7 heteroatoms. The Morgan fingerprint density at radius 2 is 1.90 bits per heavy atom. The first kappa shape index (κ1) is 16.6. The van der Waals surface area contributed by atoms with Crippen molar-refractivity contribution < 1.29 is 0 Å². The van der Waals surface area contributed by atoms with Gasteiger partial charge in [0.05, 0.1) is 0 Å². The van der Waals surface area contributed by atoms with Gasteiger partial charge in [-0.25, -0.2) is 0 Å². The van der Waals surface area contributed by atoms with E-state index in [2.05, 4.69) is 31.4 Å². The fourth-order valence-corrected chi connectivity index (χ4v) is 3.05. The van der Waals surface area contributed by atoms with E-state index in [9.17, 15) is 0 Å². The van der Waals surface area contributed by atoms with Gasteiger partial charge in [0.25, 0.3) is 0 Å². The van der Waals surface area contributed by atoms with Gasteiger partial charge in [-0.1, -0.05) is 6.42 Å². The van der Waals surface area contributed by atoms with Gasteiger partial charge in [0.2, 0.25) is 17.2 Å². The van der Waals surface area contributed by atoms with Crippen LogP contribution in [0.2, 0.25) is 5.28 Å². The Morgan fingerprint density at radius 3 is 2.67 bits per heavy atom. The van der Waals surface area contributed by atoms with Gasteiger partial charge in [-0.05, 0) is 55.7 Å². The standard InChI is InChI=1S/C14H24ClN5S/c1-21-11-7-2-4-8-16-13-17-12(15)18-14(19-13)20-9-5-3-6-10-20/h2-11H2,1H3,(H,16,17,18,19). The Morgan fingerprint density at radius 1 is 1.10 bits per heavy atom. The smallest absolute Gasteiger partial charge is 0.231 e. The second kappa shape index (κ2) is 9.30. The molecule has 1 saturated heterocycles. The molecule has 0 bridgehead atoms. The molecule has 0 radical (unpaired) electrons. The molecule has 0 amide bonds. The van der Waals surface area contributed by atoms with Crippen LogP contribution < -0.4 is 10.2 Å². The normalized spacial score (nSPS) is 15.2. The van der Waals surface area contributed by atoms with Gasteiger partial charge >= 0.3 is 0 Å². The molecule has 1 fully saturated rings. The van der Waals surface area contributed by atoms with Crippen molar-refractivity contribution in [3.8, 4) is 0 Å². The Balaban J connectivity index is 1.83. The van der Waals surface area contributed by atoms with Gasteiger partial charge in [0.1, 0.15) is 0 Å². The molecule has 0 aliphatic carbocycles. The molecule has 1 aromatic rings. The molecule has 1 aromatic heterocycles. The van der Waals surface area contributed by atoms with E-state index in [1.807, 2.05) is 11.8 Å². The predicted octanol–water partition coefficient (Wildman–Crippen LogP) is 3.46. The monoisotopic (exact) mass is 329 g/mol. The summed E-state index contributed by atoms with van der Waals surface area (Å²) >= 11 is 7.92. The van der Waals surface area contributed by atoms with E-state index >= 15 is 0 Å². The van der Waals surface area contributed by atoms with Crippen LogP contribution in [0.4, 0.5) is 11.9 Å². The van der Waals surface area contributed by atoms with Crippen LogP contribution >= 0.6 is 23.4 Å². The van der Waals surface area contributed by atoms with E-state index in [1.165, 1.54) is 37.9 Å². The lowest BCUT2D eigenvalue weighted by Gasteiger charge is -2.26. The summed E-state index contributed by atoms with van der Waals surface area (Å²) in [4.78, 5) is 15.1. The fourth-order valence-electron chi connectivity index (χ4n) is 2.40. The fraction of sp³-hybridized carbons (Fsp3) is 0.786. The zero-order valence-corrected chi connectivity index (χ0v) is 14.2. The van der Waals surface area contributed by atoms with Gasteiger partial charge in [-0.3, -0.25) is 0 Å². The van der Waals surface area contributed by atoms with Gasteiger partial charge in [0.15, 0.2) is 0 Å². The zero-order chi connectivity index (χ0) is 14.9. The Hall–Kier alpha value is -0.750. The number of nitrogens with zero attached hydrogens (tertiary/aromatic N) is 4. The highest BCUT2D eigenvalue weighted by Crippen LogP contribution is 2.18. The quantitative estimate of drug-likeness (QED) is 0.737. The third-order valence-corrected chi connectivity index (χ3v) is 4.41. The number of unbranched alkanes of at least 4 members (excludes halogenated alkanes) is 2. The van der Waals surface area contributed by atoms with Crippen LogP contribution in [0.5, 0.6) is 0 Å². The first-order valence-electron chi connectivity index (χ1n) is 7.69. The number of rotatable bonds is 8. The topological polar surface area (TPSA) is 53.9 Å². The van der Waals surface area contributed by atoms with Crippen LogP contribution in [0, 0.1) is 0 Å². The highest BCUT2D eigenvalue weighted by atomic mass is 35.5. The lowest BCUT2D eigenvalue weighted by atomic mass is 10.1. The van der Waals surface area contributed by atoms with E-state index in [0.29, 0.717) is 11.9 Å². The molecule has 0 spiro atoms. The summed E-state index contributed by atoms with van der Waals surface area (Å²) in [6.07, 6.45) is 9.45. The lowest BCUT2D eigenvalue weighted by Crippen LogP contribution is -2.31. The third-order valence-electron chi connectivity index (χ3n) is 3.54. The minimum absolute atomic E-state index is 0.274. The molecular weight excluding hydrogens is 306 g/mol. The molecule has 0 saturated carbocycles. The van der Waals surface area contributed by atoms with Crippen LogP contribution in [-0.2, 0) is 0 Å². The van der Waals surface area contributed by atoms with Crippen molar-refractivity contribution in [3.63, 3.8) is 0 Å². The van der Waals surface area contributed by atoms with Crippen LogP contribution in [0.3, 0.4) is 0 Å². The third kappa shape index (κ3) is 5.87. The summed E-state index contributed by atoms with van der Waals surface area (Å²) in [6, 6.07) is 0. The Labute approximate surface area is 136 Å². The van der Waals surface area contributed by atoms with Crippen molar-refractivity contribution in [3.05, 3.63) is 5.28 Å². The van der Waals surface area contributed by atoms with Gasteiger partial charge in [-0.15, -0.1) is 0 Å². The number of piperidine rings is 1. The lowest BCUT2D eigenvalue weighted by molar-refractivity contribution is 0.567. The molecule has 2 heterocycles. The first-order chi connectivity index (χ1) is 10.3. The van der Waals surface area contributed by atoms with Crippen molar-refractivity contribution in [2.75, 3.05) is 41.9 Å². The molecule has 21 heavy (non-hydrogen) atoms. The largest absolute Gasteiger partial charge is 0.354 e. The van der Waals surface area contributed by atoms with Crippen LogP contribution in [0.25, 0.3) is 0 Å². The van der Waals surface area contributed by atoms with Crippen molar-refractivity contribution in [2.24, 2.45) is 0 Å². The maximum Gasteiger partial charge on any atom is 0.231 e. The van der Waals surface area contributed by atoms with Crippen molar-refractivity contribution >= 4 is 35.3 Å². The SMILES string of the molecule is CSCCCCCNc1nc(Cl)nc(N2CCCCC2)n1. The molecular formula is C14H24ClN5S. The van der Waals surface area contributed by atoms with E-state index in [0.717, 1.165) is 26.1 Å². The van der Waals surface area contributed by atoms with Gasteiger partial charge < -0.3 is 10.2 Å². The number of anilines is 2. The highest BCUT2D eigenvalue weighted by Gasteiger charge is 2.15. The molecule has 5 nitrogen and oxygen atoms in total. The Bertz CT molecular complexity index is 426. The molecule has 1 N–H and O–H groups in total. The minimum Gasteiger partial charge on any atom is -0.354 e. The van der Waals surface area contributed by atoms with Crippen molar-refractivity contribution in [1.82, 2.24) is 15.0 Å². The number of nitrogens with one attached hydrogen (secondary N) is 1. The van der Waals surface area contributed by atoms with Crippen molar-refractivity contribution in [2.45, 2.75) is 38.5 Å². The second-order valence-corrected chi connectivity index (χ2v) is 6.58. The van der Waals surface area contributed by atoms with Crippen LogP contribution in [-0.4, -0.2) is 46.6 Å². The molecule has 1 aliphatic heterocycles. The average Bonchev–Trinajstić information content (AvgIpc) is 2.51. The summed E-state index contributed by atoms with van der Waals surface area (Å²) in [5.41, 5.74) is 0. The molecule has 0 atom stereocenters. The zero-order valence-electron chi connectivity index (χ0n) is 12.6. The van der Waals surface area contributed by atoms with E-state index in [1.54, 1.807) is 0 Å². The molecule has 2 rings (SSSR count). The summed E-state index contributed by atoms with van der Waals surface area (Å²) in [6.45, 7) is 2.90. The van der Waals surface area contributed by atoms with Gasteiger partial charge in [-0.2, -0.15) is 26.7 Å². The number of thioether (sulfide) groups is 1. The summed E-state index contributed by atoms with van der Waals surface area (Å²) in [7, 11) is 0. The minimum atomic E-state index is 0.274. The van der Waals surface area contributed by atoms with E-state index < -0.39 is 0 Å². The number of halogens is 1. The van der Waals surface area contributed by atoms with Crippen LogP contribution in [0.15, 0.2) is 0 Å². The first-order valence-corrected chi connectivity index (χ1v) is 9.46. The van der Waals surface area contributed by atoms with E-state index in [-0.39, 0.29) is 5.28 Å². The molecule has 1 aliphatic rings. The maximum atomic E-state index is 6.02.